The number of Topliss-reactive ketones (excluding diaryl/α,β-unsaturated/α-hetero) is 1. The second-order valence-electron chi connectivity index (χ2n) is 7.77. The summed E-state index contributed by atoms with van der Waals surface area (Å²) < 4.78 is 15.8. The van der Waals surface area contributed by atoms with Crippen molar-refractivity contribution in [3.8, 4) is 11.5 Å². The van der Waals surface area contributed by atoms with E-state index in [1.54, 1.807) is 48.5 Å². The van der Waals surface area contributed by atoms with Crippen molar-refractivity contribution >= 4 is 29.3 Å². The molecule has 0 fully saturated rings. The van der Waals surface area contributed by atoms with Gasteiger partial charge in [0.05, 0.1) is 36.1 Å². The van der Waals surface area contributed by atoms with Gasteiger partial charge < -0.3 is 14.2 Å². The summed E-state index contributed by atoms with van der Waals surface area (Å²) in [7, 11) is 1.52. The number of ketones is 1. The van der Waals surface area contributed by atoms with Crippen molar-refractivity contribution in [2.45, 2.75) is 20.0 Å². The predicted octanol–water partition coefficient (Wildman–Crippen LogP) is 4.32. The van der Waals surface area contributed by atoms with Gasteiger partial charge >= 0.3 is 5.97 Å². The van der Waals surface area contributed by atoms with Gasteiger partial charge in [-0.05, 0) is 80.6 Å². The number of anilines is 1. The molecule has 3 aromatic carbocycles. The Morgan fingerprint density at radius 2 is 1.43 bits per heavy atom. The van der Waals surface area contributed by atoms with Crippen LogP contribution in [-0.4, -0.2) is 43.4 Å². The van der Waals surface area contributed by atoms with E-state index in [0.717, 1.165) is 4.90 Å². The van der Waals surface area contributed by atoms with Crippen LogP contribution in [0.5, 0.6) is 11.5 Å². The molecule has 1 aliphatic heterocycles. The van der Waals surface area contributed by atoms with Gasteiger partial charge in [-0.15, -0.1) is 0 Å². The van der Waals surface area contributed by atoms with E-state index in [9.17, 15) is 19.2 Å². The molecule has 3 aromatic rings. The minimum Gasteiger partial charge on any atom is -0.497 e. The monoisotopic (exact) mass is 473 g/mol. The van der Waals surface area contributed by atoms with Crippen LogP contribution in [0.2, 0.25) is 0 Å². The second kappa shape index (κ2) is 9.80. The van der Waals surface area contributed by atoms with Crippen molar-refractivity contribution in [2.24, 2.45) is 0 Å². The lowest BCUT2D eigenvalue weighted by Crippen LogP contribution is -2.29. The largest absolute Gasteiger partial charge is 0.497 e. The predicted molar refractivity (Wildman–Crippen MR) is 127 cm³/mol. The van der Waals surface area contributed by atoms with Gasteiger partial charge in [-0.1, -0.05) is 0 Å². The summed E-state index contributed by atoms with van der Waals surface area (Å²) in [5.74, 6) is -0.973. The average Bonchev–Trinajstić information content (AvgIpc) is 3.13. The number of carbonyl (C=O) groups is 4. The van der Waals surface area contributed by atoms with Crippen molar-refractivity contribution in [1.29, 1.82) is 0 Å². The highest BCUT2D eigenvalue weighted by molar-refractivity contribution is 6.34. The zero-order valence-electron chi connectivity index (χ0n) is 19.4. The molecular formula is C27H23NO7. The van der Waals surface area contributed by atoms with E-state index in [2.05, 4.69) is 0 Å². The molecule has 1 aliphatic rings. The number of ether oxygens (including phenoxy) is 3. The normalized spacial score (nSPS) is 13.3. The molecule has 2 amide bonds. The van der Waals surface area contributed by atoms with Gasteiger partial charge in [-0.25, -0.2) is 9.69 Å². The first kappa shape index (κ1) is 23.7. The lowest BCUT2D eigenvalue weighted by atomic mass is 10.1. The number of amides is 2. The maximum atomic E-state index is 13.0. The molecule has 0 bridgehead atoms. The molecule has 35 heavy (non-hydrogen) atoms. The highest BCUT2D eigenvalue weighted by Crippen LogP contribution is 2.30. The third-order valence-electron chi connectivity index (χ3n) is 5.56. The number of hydrogen-bond donors (Lipinski definition) is 0. The number of imide groups is 1. The molecule has 178 valence electrons. The van der Waals surface area contributed by atoms with Crippen molar-refractivity contribution in [3.05, 3.63) is 89.0 Å². The van der Waals surface area contributed by atoms with Crippen molar-refractivity contribution in [2.75, 3.05) is 18.6 Å². The summed E-state index contributed by atoms with van der Waals surface area (Å²) in [5.41, 5.74) is 1.09. The Bertz CT molecular complexity index is 1300. The van der Waals surface area contributed by atoms with Gasteiger partial charge in [-0.2, -0.15) is 0 Å². The summed E-state index contributed by atoms with van der Waals surface area (Å²) in [6.07, 6.45) is -1.05. The van der Waals surface area contributed by atoms with E-state index < -0.39 is 23.9 Å². The molecule has 0 N–H and O–H groups in total. The second-order valence-corrected chi connectivity index (χ2v) is 7.77. The molecule has 0 saturated heterocycles. The summed E-state index contributed by atoms with van der Waals surface area (Å²) in [6.45, 7) is 3.83. The minimum absolute atomic E-state index is 0.0628. The first-order valence-electron chi connectivity index (χ1n) is 11.0. The van der Waals surface area contributed by atoms with Crippen LogP contribution in [0.15, 0.2) is 66.7 Å². The van der Waals surface area contributed by atoms with Gasteiger partial charge in [0.15, 0.2) is 6.10 Å². The number of nitrogens with zero attached hydrogens (tertiary/aromatic N) is 1. The maximum Gasteiger partial charge on any atom is 0.338 e. The molecule has 0 radical (unpaired) electrons. The Morgan fingerprint density at radius 3 is 2.06 bits per heavy atom. The zero-order valence-corrected chi connectivity index (χ0v) is 19.4. The van der Waals surface area contributed by atoms with Crippen LogP contribution in [0.4, 0.5) is 5.69 Å². The maximum absolute atomic E-state index is 13.0. The van der Waals surface area contributed by atoms with Gasteiger partial charge in [0.25, 0.3) is 11.8 Å². The van der Waals surface area contributed by atoms with E-state index in [4.69, 9.17) is 14.2 Å². The molecule has 8 nitrogen and oxygen atoms in total. The van der Waals surface area contributed by atoms with E-state index >= 15 is 0 Å². The fourth-order valence-electron chi connectivity index (χ4n) is 3.73. The van der Waals surface area contributed by atoms with Crippen LogP contribution in [0.3, 0.4) is 0 Å². The fourth-order valence-corrected chi connectivity index (χ4v) is 3.73. The summed E-state index contributed by atoms with van der Waals surface area (Å²) in [5, 5.41) is 0. The molecule has 0 aromatic heterocycles. The van der Waals surface area contributed by atoms with Crippen LogP contribution in [-0.2, 0) is 4.74 Å². The third kappa shape index (κ3) is 4.63. The SMILES string of the molecule is CCOc1ccc(N2C(=O)c3ccc(C(=O)OC(C)C(=O)c4ccc(OC)cc4)cc3C2=O)cc1. The summed E-state index contributed by atoms with van der Waals surface area (Å²) >= 11 is 0. The number of rotatable bonds is 8. The standard InChI is InChI=1S/C27H23NO7/c1-4-34-21-12-8-19(9-13-21)28-25(30)22-14-7-18(15-23(22)26(28)31)27(32)35-16(2)24(29)17-5-10-20(33-3)11-6-17/h5-16H,4H2,1-3H3. The van der Waals surface area contributed by atoms with E-state index in [1.165, 1.54) is 32.2 Å². The Labute approximate surface area is 202 Å². The Kier molecular flexibility index (Phi) is 6.64. The molecule has 8 heteroatoms. The van der Waals surface area contributed by atoms with E-state index in [0.29, 0.717) is 29.4 Å². The zero-order chi connectivity index (χ0) is 25.1. The minimum atomic E-state index is -1.05. The average molecular weight is 473 g/mol. The number of methoxy groups -OCH3 is 1. The first-order valence-corrected chi connectivity index (χ1v) is 11.0. The van der Waals surface area contributed by atoms with E-state index in [1.807, 2.05) is 6.92 Å². The highest BCUT2D eigenvalue weighted by Gasteiger charge is 2.37. The van der Waals surface area contributed by atoms with Gasteiger partial charge in [0, 0.05) is 5.56 Å². The van der Waals surface area contributed by atoms with Crippen LogP contribution in [0.1, 0.15) is 55.3 Å². The number of benzene rings is 3. The topological polar surface area (TPSA) is 99.2 Å². The van der Waals surface area contributed by atoms with Crippen molar-refractivity contribution in [1.82, 2.24) is 0 Å². The molecule has 4 rings (SSSR count). The van der Waals surface area contributed by atoms with Crippen LogP contribution in [0.25, 0.3) is 0 Å². The lowest BCUT2D eigenvalue weighted by molar-refractivity contribution is 0.0318. The van der Waals surface area contributed by atoms with Crippen LogP contribution in [0, 0.1) is 0 Å². The highest BCUT2D eigenvalue weighted by atomic mass is 16.5. The number of hydrogen-bond acceptors (Lipinski definition) is 7. The smallest absolute Gasteiger partial charge is 0.338 e. The molecule has 0 aliphatic carbocycles. The number of carbonyl (C=O) groups excluding carboxylic acids is 4. The molecule has 1 heterocycles. The van der Waals surface area contributed by atoms with Gasteiger partial charge in [0.2, 0.25) is 5.78 Å². The third-order valence-corrected chi connectivity index (χ3v) is 5.56. The number of esters is 1. The quantitative estimate of drug-likeness (QED) is 0.273. The Morgan fingerprint density at radius 1 is 0.829 bits per heavy atom. The molecule has 1 unspecified atom stereocenters. The summed E-state index contributed by atoms with van der Waals surface area (Å²) in [4.78, 5) is 52.3. The summed E-state index contributed by atoms with van der Waals surface area (Å²) in [6, 6.07) is 17.2. The Hall–Kier alpha value is -4.46. The van der Waals surface area contributed by atoms with Crippen molar-refractivity contribution < 1.29 is 33.4 Å². The van der Waals surface area contributed by atoms with E-state index in [-0.39, 0.29) is 22.5 Å². The molecule has 0 spiro atoms. The number of fused-ring (bicyclic) bond motifs is 1. The molecular weight excluding hydrogens is 450 g/mol. The van der Waals surface area contributed by atoms with Gasteiger partial charge in [-0.3, -0.25) is 14.4 Å². The van der Waals surface area contributed by atoms with Crippen LogP contribution >= 0.6 is 0 Å². The molecule has 0 saturated carbocycles. The first-order chi connectivity index (χ1) is 16.8. The fraction of sp³-hybridized carbons (Fsp3) is 0.185. The Balaban J connectivity index is 1.50. The molecule has 1 atom stereocenters. The lowest BCUT2D eigenvalue weighted by Gasteiger charge is -2.14. The van der Waals surface area contributed by atoms with Gasteiger partial charge in [0.1, 0.15) is 11.5 Å². The van der Waals surface area contributed by atoms with Crippen LogP contribution < -0.4 is 14.4 Å². The van der Waals surface area contributed by atoms with Crippen molar-refractivity contribution in [3.63, 3.8) is 0 Å².